The van der Waals surface area contributed by atoms with E-state index in [9.17, 15) is 0 Å². The van der Waals surface area contributed by atoms with Crippen molar-refractivity contribution in [1.82, 2.24) is 10.2 Å². The van der Waals surface area contributed by atoms with Crippen LogP contribution in [0.25, 0.3) is 0 Å². The van der Waals surface area contributed by atoms with Crippen LogP contribution in [-0.2, 0) is 6.54 Å². The maximum Gasteiger partial charge on any atom is 0.203 e. The molecule has 1 fully saturated rings. The third-order valence-electron chi connectivity index (χ3n) is 4.91. The Morgan fingerprint density at radius 1 is 1.18 bits per heavy atom. The lowest BCUT2D eigenvalue weighted by molar-refractivity contribution is 0.322. The third kappa shape index (κ3) is 6.32. The molecule has 0 aliphatic carbocycles. The van der Waals surface area contributed by atoms with E-state index in [-0.39, 0.29) is 24.0 Å². The molecule has 1 atom stereocenters. The summed E-state index contributed by atoms with van der Waals surface area (Å²) < 4.78 is 16.4. The van der Waals surface area contributed by atoms with Crippen molar-refractivity contribution in [1.29, 1.82) is 0 Å². The Balaban J connectivity index is 0.00000392. The van der Waals surface area contributed by atoms with Crippen LogP contribution < -0.4 is 19.5 Å². The van der Waals surface area contributed by atoms with E-state index >= 15 is 0 Å². The summed E-state index contributed by atoms with van der Waals surface area (Å²) >= 11 is 0. The Labute approximate surface area is 187 Å². The molecule has 1 aromatic carbocycles. The molecule has 0 saturated carbocycles. The number of hydrogen-bond acceptors (Lipinski definition) is 4. The van der Waals surface area contributed by atoms with Gasteiger partial charge in [-0.1, -0.05) is 13.8 Å². The Morgan fingerprint density at radius 2 is 1.89 bits per heavy atom. The van der Waals surface area contributed by atoms with E-state index in [2.05, 4.69) is 31.0 Å². The van der Waals surface area contributed by atoms with Crippen LogP contribution in [-0.4, -0.2) is 51.8 Å². The van der Waals surface area contributed by atoms with Gasteiger partial charge in [0.05, 0.1) is 27.9 Å². The van der Waals surface area contributed by atoms with Gasteiger partial charge in [0.25, 0.3) is 0 Å². The highest BCUT2D eigenvalue weighted by Crippen LogP contribution is 2.40. The van der Waals surface area contributed by atoms with Crippen molar-refractivity contribution in [2.45, 2.75) is 40.2 Å². The smallest absolute Gasteiger partial charge is 0.203 e. The van der Waals surface area contributed by atoms with Crippen molar-refractivity contribution in [2.75, 3.05) is 41.0 Å². The molecule has 1 unspecified atom stereocenters. The van der Waals surface area contributed by atoms with Gasteiger partial charge in [-0.3, -0.25) is 0 Å². The fraction of sp³-hybridized carbons (Fsp3) is 0.667. The van der Waals surface area contributed by atoms with Crippen LogP contribution in [0.5, 0.6) is 17.2 Å². The molecule has 6 nitrogen and oxygen atoms in total. The van der Waals surface area contributed by atoms with Gasteiger partial charge in [0.15, 0.2) is 17.5 Å². The first-order valence-corrected chi connectivity index (χ1v) is 9.85. The van der Waals surface area contributed by atoms with E-state index in [1.165, 1.54) is 12.8 Å². The molecule has 0 amide bonds. The summed E-state index contributed by atoms with van der Waals surface area (Å²) in [6.07, 6.45) is 2.52. The minimum absolute atomic E-state index is 0. The zero-order valence-corrected chi connectivity index (χ0v) is 20.4. The normalized spacial score (nSPS) is 16.8. The predicted octanol–water partition coefficient (Wildman–Crippen LogP) is 4.16. The maximum atomic E-state index is 5.58. The number of ether oxygens (including phenoxy) is 3. The van der Waals surface area contributed by atoms with Gasteiger partial charge in [-0.15, -0.1) is 24.0 Å². The fourth-order valence-electron chi connectivity index (χ4n) is 3.76. The summed E-state index contributed by atoms with van der Waals surface area (Å²) in [5.74, 6) is 4.41. The highest BCUT2D eigenvalue weighted by molar-refractivity contribution is 14.0. The zero-order valence-electron chi connectivity index (χ0n) is 18.1. The second kappa shape index (κ2) is 12.2. The van der Waals surface area contributed by atoms with Crippen molar-refractivity contribution in [3.63, 3.8) is 0 Å². The van der Waals surface area contributed by atoms with Gasteiger partial charge in [-0.25, -0.2) is 4.99 Å². The number of rotatable bonds is 8. The van der Waals surface area contributed by atoms with Gasteiger partial charge >= 0.3 is 0 Å². The SMILES string of the molecule is CCNC(=NCc1ccc(OC)c(OC)c1OC)N1CCC(CC(C)C)C1.I. The van der Waals surface area contributed by atoms with Crippen molar-refractivity contribution in [2.24, 2.45) is 16.8 Å². The lowest BCUT2D eigenvalue weighted by Gasteiger charge is -2.22. The second-order valence-electron chi connectivity index (χ2n) is 7.39. The van der Waals surface area contributed by atoms with E-state index in [0.29, 0.717) is 23.8 Å². The molecule has 1 aliphatic rings. The first-order chi connectivity index (χ1) is 13.0. The number of benzene rings is 1. The van der Waals surface area contributed by atoms with E-state index in [1.807, 2.05) is 12.1 Å². The number of likely N-dealkylation sites (tertiary alicyclic amines) is 1. The summed E-state index contributed by atoms with van der Waals surface area (Å²) in [4.78, 5) is 7.25. The van der Waals surface area contributed by atoms with Crippen molar-refractivity contribution in [3.05, 3.63) is 17.7 Å². The molecule has 1 N–H and O–H groups in total. The van der Waals surface area contributed by atoms with Crippen LogP contribution in [0.4, 0.5) is 0 Å². The lowest BCUT2D eigenvalue weighted by Crippen LogP contribution is -2.40. The molecule has 1 heterocycles. The molecule has 0 radical (unpaired) electrons. The van der Waals surface area contributed by atoms with Crippen LogP contribution in [0.2, 0.25) is 0 Å². The van der Waals surface area contributed by atoms with Gasteiger partial charge in [0.2, 0.25) is 5.75 Å². The number of methoxy groups -OCH3 is 3. The quantitative estimate of drug-likeness (QED) is 0.327. The molecule has 1 aliphatic heterocycles. The minimum Gasteiger partial charge on any atom is -0.493 e. The average Bonchev–Trinajstić information content (AvgIpc) is 3.11. The minimum atomic E-state index is 0. The van der Waals surface area contributed by atoms with E-state index in [4.69, 9.17) is 19.2 Å². The second-order valence-corrected chi connectivity index (χ2v) is 7.39. The van der Waals surface area contributed by atoms with Crippen molar-refractivity contribution < 1.29 is 14.2 Å². The maximum absolute atomic E-state index is 5.58. The topological polar surface area (TPSA) is 55.3 Å². The van der Waals surface area contributed by atoms with Gasteiger partial charge in [-0.2, -0.15) is 0 Å². The standard InChI is InChI=1S/C21H35N3O3.HI/c1-7-22-21(24-11-10-16(14-24)12-15(2)3)23-13-17-8-9-18(25-4)20(27-6)19(17)26-5;/h8-9,15-16H,7,10-14H2,1-6H3,(H,22,23);1H. The summed E-state index contributed by atoms with van der Waals surface area (Å²) in [7, 11) is 4.89. The Bertz CT molecular complexity index is 638. The van der Waals surface area contributed by atoms with E-state index < -0.39 is 0 Å². The number of nitrogens with one attached hydrogen (secondary N) is 1. The first-order valence-electron chi connectivity index (χ1n) is 9.85. The number of nitrogens with zero attached hydrogens (tertiary/aromatic N) is 2. The predicted molar refractivity (Wildman–Crippen MR) is 125 cm³/mol. The van der Waals surface area contributed by atoms with E-state index in [1.54, 1.807) is 21.3 Å². The third-order valence-corrected chi connectivity index (χ3v) is 4.91. The molecule has 1 saturated heterocycles. The number of halogens is 1. The summed E-state index contributed by atoms with van der Waals surface area (Å²) in [6.45, 7) is 10.2. The summed E-state index contributed by atoms with van der Waals surface area (Å²) in [5, 5.41) is 3.44. The summed E-state index contributed by atoms with van der Waals surface area (Å²) in [6, 6.07) is 3.88. The molecular formula is C21H36IN3O3. The molecule has 2 rings (SSSR count). The van der Waals surface area contributed by atoms with Gasteiger partial charge in [0.1, 0.15) is 0 Å². The van der Waals surface area contributed by atoms with Crippen LogP contribution in [0.15, 0.2) is 17.1 Å². The molecule has 28 heavy (non-hydrogen) atoms. The lowest BCUT2D eigenvalue weighted by atomic mass is 9.97. The van der Waals surface area contributed by atoms with Crippen LogP contribution in [0.3, 0.4) is 0 Å². The Morgan fingerprint density at radius 3 is 2.46 bits per heavy atom. The molecule has 0 spiro atoms. The van der Waals surface area contributed by atoms with Crippen LogP contribution in [0, 0.1) is 11.8 Å². The average molecular weight is 505 g/mol. The molecule has 1 aromatic rings. The Hall–Kier alpha value is -1.38. The highest BCUT2D eigenvalue weighted by atomic mass is 127. The van der Waals surface area contributed by atoms with Crippen molar-refractivity contribution in [3.8, 4) is 17.2 Å². The van der Waals surface area contributed by atoms with Crippen molar-refractivity contribution >= 4 is 29.9 Å². The molecule has 160 valence electrons. The largest absolute Gasteiger partial charge is 0.493 e. The Kier molecular flexibility index (Phi) is 10.8. The number of hydrogen-bond donors (Lipinski definition) is 1. The molecular weight excluding hydrogens is 469 g/mol. The van der Waals surface area contributed by atoms with Crippen LogP contribution in [0.1, 0.15) is 39.2 Å². The first kappa shape index (κ1) is 24.7. The highest BCUT2D eigenvalue weighted by Gasteiger charge is 2.25. The van der Waals surface area contributed by atoms with Crippen LogP contribution >= 0.6 is 24.0 Å². The number of aliphatic imine (C=N–C) groups is 1. The van der Waals surface area contributed by atoms with E-state index in [0.717, 1.165) is 43.0 Å². The molecule has 0 bridgehead atoms. The van der Waals surface area contributed by atoms with Gasteiger partial charge in [0, 0.05) is 25.2 Å². The zero-order chi connectivity index (χ0) is 19.8. The molecule has 7 heteroatoms. The fourth-order valence-corrected chi connectivity index (χ4v) is 3.76. The number of guanidine groups is 1. The van der Waals surface area contributed by atoms with Gasteiger partial charge in [-0.05, 0) is 43.7 Å². The summed E-state index contributed by atoms with van der Waals surface area (Å²) in [5.41, 5.74) is 0.975. The monoisotopic (exact) mass is 505 g/mol. The molecule has 0 aromatic heterocycles. The van der Waals surface area contributed by atoms with Gasteiger partial charge < -0.3 is 24.4 Å².